The van der Waals surface area contributed by atoms with Crippen molar-refractivity contribution in [3.63, 3.8) is 0 Å². The second-order valence-electron chi connectivity index (χ2n) is 2.47. The quantitative estimate of drug-likeness (QED) is 0.482. The van der Waals surface area contributed by atoms with E-state index in [0.29, 0.717) is 0 Å². The Morgan fingerprint density at radius 2 is 2.62 bits per heavy atom. The van der Waals surface area contributed by atoms with Crippen molar-refractivity contribution in [1.29, 1.82) is 5.26 Å². The molecule has 3 heteroatoms. The van der Waals surface area contributed by atoms with Gasteiger partial charge in [-0.1, -0.05) is 24.3 Å². The maximum absolute atomic E-state index is 10.9. The Balaban J connectivity index is 2.32. The number of rotatable bonds is 3. The fraction of sp³-hybridized carbons (Fsp3) is 0.200. The molecule has 3 nitrogen and oxygen atoms in total. The molecule has 66 valence electrons. The molecule has 0 saturated heterocycles. The first kappa shape index (κ1) is 9.27. The molecule has 0 aromatic carbocycles. The molecule has 0 fully saturated rings. The number of allylic oxidation sites excluding steroid dienone is 5. The van der Waals surface area contributed by atoms with E-state index in [-0.39, 0.29) is 6.61 Å². The van der Waals surface area contributed by atoms with Crippen molar-refractivity contribution in [1.82, 2.24) is 0 Å². The summed E-state index contributed by atoms with van der Waals surface area (Å²) in [7, 11) is 0. The first-order chi connectivity index (χ1) is 6.33. The maximum Gasteiger partial charge on any atom is 0.331 e. The second-order valence-corrected chi connectivity index (χ2v) is 2.47. The van der Waals surface area contributed by atoms with E-state index in [1.807, 2.05) is 18.2 Å². The highest BCUT2D eigenvalue weighted by Crippen LogP contribution is 2.10. The van der Waals surface area contributed by atoms with Crippen LogP contribution in [0.3, 0.4) is 0 Å². The molecule has 0 aliphatic heterocycles. The summed E-state index contributed by atoms with van der Waals surface area (Å²) in [5.74, 6) is -0.477. The SMILES string of the molecule is N#CCOC(=O)/C=C/C1=CC=CC1. The highest BCUT2D eigenvalue weighted by molar-refractivity contribution is 5.82. The summed E-state index contributed by atoms with van der Waals surface area (Å²) in [6, 6.07) is 1.72. The van der Waals surface area contributed by atoms with Gasteiger partial charge in [0.1, 0.15) is 6.07 Å². The van der Waals surface area contributed by atoms with Gasteiger partial charge in [-0.25, -0.2) is 4.79 Å². The molecular formula is C10H9NO2. The third kappa shape index (κ3) is 3.39. The lowest BCUT2D eigenvalue weighted by atomic mass is 10.2. The molecule has 0 heterocycles. The third-order valence-corrected chi connectivity index (χ3v) is 1.51. The van der Waals surface area contributed by atoms with E-state index < -0.39 is 5.97 Å². The van der Waals surface area contributed by atoms with Crippen LogP contribution in [0, 0.1) is 11.3 Å². The smallest absolute Gasteiger partial charge is 0.331 e. The molecule has 0 saturated carbocycles. The first-order valence-corrected chi connectivity index (χ1v) is 3.90. The van der Waals surface area contributed by atoms with Crippen LogP contribution in [0.4, 0.5) is 0 Å². The van der Waals surface area contributed by atoms with Crippen LogP contribution in [0.1, 0.15) is 6.42 Å². The maximum atomic E-state index is 10.9. The van der Waals surface area contributed by atoms with Crippen LogP contribution >= 0.6 is 0 Å². The largest absolute Gasteiger partial charge is 0.447 e. The molecule has 1 aliphatic rings. The van der Waals surface area contributed by atoms with Gasteiger partial charge in [-0.05, 0) is 12.0 Å². The zero-order chi connectivity index (χ0) is 9.52. The van der Waals surface area contributed by atoms with Gasteiger partial charge in [0, 0.05) is 6.08 Å². The molecule has 0 bridgehead atoms. The van der Waals surface area contributed by atoms with Crippen LogP contribution in [-0.2, 0) is 9.53 Å². The number of esters is 1. The minimum absolute atomic E-state index is 0.194. The number of ether oxygens (including phenoxy) is 1. The van der Waals surface area contributed by atoms with Gasteiger partial charge in [-0.3, -0.25) is 0 Å². The van der Waals surface area contributed by atoms with E-state index >= 15 is 0 Å². The van der Waals surface area contributed by atoms with Crippen molar-refractivity contribution in [3.05, 3.63) is 36.0 Å². The number of carbonyl (C=O) groups excluding carboxylic acids is 1. The molecule has 0 unspecified atom stereocenters. The molecule has 1 aliphatic carbocycles. The lowest BCUT2D eigenvalue weighted by molar-refractivity contribution is -0.136. The molecule has 0 aromatic rings. The summed E-state index contributed by atoms with van der Waals surface area (Å²) < 4.78 is 4.52. The summed E-state index contributed by atoms with van der Waals surface area (Å²) in [6.45, 7) is -0.194. The number of carbonyl (C=O) groups is 1. The Kier molecular flexibility index (Phi) is 3.52. The highest BCUT2D eigenvalue weighted by atomic mass is 16.5. The lowest BCUT2D eigenvalue weighted by Crippen LogP contribution is -2.00. The molecule has 0 aromatic heterocycles. The molecule has 0 radical (unpaired) electrons. The standard InChI is InChI=1S/C10H9NO2/c11-7-8-13-10(12)6-5-9-3-1-2-4-9/h1-3,5-6H,4,8H2/b6-5+. The average molecular weight is 175 g/mol. The van der Waals surface area contributed by atoms with Crippen LogP contribution in [-0.4, -0.2) is 12.6 Å². The van der Waals surface area contributed by atoms with Crippen LogP contribution < -0.4 is 0 Å². The molecule has 0 N–H and O–H groups in total. The van der Waals surface area contributed by atoms with Crippen molar-refractivity contribution in [2.45, 2.75) is 6.42 Å². The topological polar surface area (TPSA) is 50.1 Å². The van der Waals surface area contributed by atoms with Crippen LogP contribution in [0.5, 0.6) is 0 Å². The van der Waals surface area contributed by atoms with Gasteiger partial charge in [-0.2, -0.15) is 5.26 Å². The van der Waals surface area contributed by atoms with Gasteiger partial charge < -0.3 is 4.74 Å². The molecule has 0 amide bonds. The molecule has 13 heavy (non-hydrogen) atoms. The van der Waals surface area contributed by atoms with E-state index in [0.717, 1.165) is 12.0 Å². The molecule has 1 rings (SSSR count). The van der Waals surface area contributed by atoms with E-state index in [2.05, 4.69) is 4.74 Å². The summed E-state index contributed by atoms with van der Waals surface area (Å²) in [6.07, 6.45) is 9.73. The van der Waals surface area contributed by atoms with Gasteiger partial charge in [0.2, 0.25) is 0 Å². The van der Waals surface area contributed by atoms with Crippen molar-refractivity contribution >= 4 is 5.97 Å². The molecule has 0 atom stereocenters. The number of hydrogen-bond acceptors (Lipinski definition) is 3. The summed E-state index contributed by atoms with van der Waals surface area (Å²) in [4.78, 5) is 10.9. The Hall–Kier alpha value is -1.82. The third-order valence-electron chi connectivity index (χ3n) is 1.51. The fourth-order valence-electron chi connectivity index (χ4n) is 0.914. The van der Waals surface area contributed by atoms with E-state index in [1.54, 1.807) is 12.1 Å². The fourth-order valence-corrected chi connectivity index (χ4v) is 0.914. The summed E-state index contributed by atoms with van der Waals surface area (Å²) in [5, 5.41) is 8.12. The minimum atomic E-state index is -0.477. The predicted molar refractivity (Wildman–Crippen MR) is 47.6 cm³/mol. The summed E-state index contributed by atoms with van der Waals surface area (Å²) >= 11 is 0. The average Bonchev–Trinajstić information content (AvgIpc) is 2.64. The van der Waals surface area contributed by atoms with Crippen molar-refractivity contribution in [2.24, 2.45) is 0 Å². The Labute approximate surface area is 76.6 Å². The number of nitrogens with zero attached hydrogens (tertiary/aromatic N) is 1. The van der Waals surface area contributed by atoms with Crippen molar-refractivity contribution in [3.8, 4) is 6.07 Å². The van der Waals surface area contributed by atoms with Gasteiger partial charge in [0.25, 0.3) is 0 Å². The zero-order valence-corrected chi connectivity index (χ0v) is 7.06. The highest BCUT2D eigenvalue weighted by Gasteiger charge is 1.97. The van der Waals surface area contributed by atoms with Crippen molar-refractivity contribution < 1.29 is 9.53 Å². The van der Waals surface area contributed by atoms with Crippen LogP contribution in [0.25, 0.3) is 0 Å². The lowest BCUT2D eigenvalue weighted by Gasteiger charge is -1.93. The van der Waals surface area contributed by atoms with Crippen LogP contribution in [0.15, 0.2) is 36.0 Å². The first-order valence-electron chi connectivity index (χ1n) is 3.90. The van der Waals surface area contributed by atoms with E-state index in [4.69, 9.17) is 5.26 Å². The van der Waals surface area contributed by atoms with Crippen molar-refractivity contribution in [2.75, 3.05) is 6.61 Å². The Morgan fingerprint density at radius 1 is 1.77 bits per heavy atom. The van der Waals surface area contributed by atoms with E-state index in [1.165, 1.54) is 6.08 Å². The second kappa shape index (κ2) is 4.94. The normalized spacial score (nSPS) is 14.2. The zero-order valence-electron chi connectivity index (χ0n) is 7.06. The van der Waals surface area contributed by atoms with Gasteiger partial charge in [-0.15, -0.1) is 0 Å². The Bertz CT molecular complexity index is 318. The van der Waals surface area contributed by atoms with Gasteiger partial charge in [0.05, 0.1) is 0 Å². The predicted octanol–water partition coefficient (Wildman–Crippen LogP) is 1.50. The van der Waals surface area contributed by atoms with Gasteiger partial charge in [0.15, 0.2) is 6.61 Å². The van der Waals surface area contributed by atoms with Gasteiger partial charge >= 0.3 is 5.97 Å². The monoisotopic (exact) mass is 175 g/mol. The minimum Gasteiger partial charge on any atom is -0.447 e. The molecular weight excluding hydrogens is 166 g/mol. The Morgan fingerprint density at radius 3 is 3.23 bits per heavy atom. The summed E-state index contributed by atoms with van der Waals surface area (Å²) in [5.41, 5.74) is 1.06. The van der Waals surface area contributed by atoms with Crippen LogP contribution in [0.2, 0.25) is 0 Å². The number of hydrogen-bond donors (Lipinski definition) is 0. The molecule has 0 spiro atoms. The number of nitriles is 1. The van der Waals surface area contributed by atoms with E-state index in [9.17, 15) is 4.79 Å².